The Morgan fingerprint density at radius 3 is 1.55 bits per heavy atom. The van der Waals surface area contributed by atoms with Gasteiger partial charge in [0.05, 0.1) is 14.2 Å². The van der Waals surface area contributed by atoms with Crippen LogP contribution in [0.3, 0.4) is 0 Å². The van der Waals surface area contributed by atoms with Crippen LogP contribution in [0.15, 0.2) is 84.3 Å². The molecule has 0 heterocycles. The molecule has 4 aliphatic carbocycles. The Hall–Kier alpha value is -3.80. The van der Waals surface area contributed by atoms with E-state index in [9.17, 15) is 19.2 Å². The van der Waals surface area contributed by atoms with Gasteiger partial charge in [0.2, 0.25) is 11.6 Å². The summed E-state index contributed by atoms with van der Waals surface area (Å²) in [6.07, 6.45) is 2.75. The second-order valence-corrected chi connectivity index (χ2v) is 11.9. The molecule has 6 rings (SSSR count). The smallest absolute Gasteiger partial charge is 0.202 e. The molecule has 0 spiro atoms. The third-order valence-corrected chi connectivity index (χ3v) is 10.3. The van der Waals surface area contributed by atoms with Crippen molar-refractivity contribution >= 4 is 23.1 Å². The summed E-state index contributed by atoms with van der Waals surface area (Å²) in [5.41, 5.74) is 1.05. The first-order valence-corrected chi connectivity index (χ1v) is 13.8. The first-order valence-electron chi connectivity index (χ1n) is 13.8. The molecule has 0 aromatic heterocycles. The molecule has 2 fully saturated rings. The molecule has 6 nitrogen and oxygen atoms in total. The normalized spacial score (nSPS) is 36.0. The van der Waals surface area contributed by atoms with Gasteiger partial charge in [-0.3, -0.25) is 19.2 Å². The number of fused-ring (bicyclic) bond motifs is 2. The standard InChI is InChI=1S/2C17H18O3/c1-10-14(11-7-5-4-6-8-11)15-16(19)12(20-3)9-13(18)17(10,15)2;1-10-14(11-7-5-4-6-8-11)17(2)13(18)9-12(20-3)16(19)15(10)17/h2*4-10,14-15H,1-3H3/t2*10-,14+,15?,17+/m01/s1. The number of ether oxygens (including phenoxy) is 2. The van der Waals surface area contributed by atoms with Crippen LogP contribution < -0.4 is 0 Å². The lowest BCUT2D eigenvalue weighted by Crippen LogP contribution is -2.61. The number of hydrogen-bond acceptors (Lipinski definition) is 6. The van der Waals surface area contributed by atoms with Crippen LogP contribution in [0, 0.1) is 34.5 Å². The largest absolute Gasteiger partial charge is 0.493 e. The molecule has 2 saturated carbocycles. The van der Waals surface area contributed by atoms with Crippen LogP contribution in [-0.4, -0.2) is 37.4 Å². The van der Waals surface area contributed by atoms with E-state index < -0.39 is 10.8 Å². The summed E-state index contributed by atoms with van der Waals surface area (Å²) in [6, 6.07) is 20.0. The van der Waals surface area contributed by atoms with Crippen LogP contribution in [0.25, 0.3) is 0 Å². The van der Waals surface area contributed by atoms with Crippen molar-refractivity contribution in [2.75, 3.05) is 14.2 Å². The van der Waals surface area contributed by atoms with Gasteiger partial charge in [-0.15, -0.1) is 0 Å². The first-order chi connectivity index (χ1) is 19.0. The molecule has 2 aromatic rings. The lowest BCUT2D eigenvalue weighted by Gasteiger charge is -2.58. The summed E-state index contributed by atoms with van der Waals surface area (Å²) >= 11 is 0. The fourth-order valence-electron chi connectivity index (χ4n) is 7.97. The van der Waals surface area contributed by atoms with Gasteiger partial charge in [-0.2, -0.15) is 0 Å². The molecule has 8 atom stereocenters. The van der Waals surface area contributed by atoms with E-state index in [0.29, 0.717) is 0 Å². The van der Waals surface area contributed by atoms with Crippen molar-refractivity contribution in [3.05, 3.63) is 95.5 Å². The highest BCUT2D eigenvalue weighted by atomic mass is 16.5. The molecule has 2 unspecified atom stereocenters. The highest BCUT2D eigenvalue weighted by Crippen LogP contribution is 2.64. The topological polar surface area (TPSA) is 86.7 Å². The van der Waals surface area contributed by atoms with Crippen LogP contribution in [0.2, 0.25) is 0 Å². The summed E-state index contributed by atoms with van der Waals surface area (Å²) in [7, 11) is 2.89. The van der Waals surface area contributed by atoms with E-state index in [2.05, 4.69) is 6.92 Å². The van der Waals surface area contributed by atoms with Crippen molar-refractivity contribution in [1.82, 2.24) is 0 Å². The maximum atomic E-state index is 12.6. The fourth-order valence-corrected chi connectivity index (χ4v) is 7.97. The third-order valence-electron chi connectivity index (χ3n) is 10.3. The molecule has 40 heavy (non-hydrogen) atoms. The van der Waals surface area contributed by atoms with Gasteiger partial charge in [-0.1, -0.05) is 88.4 Å². The maximum Gasteiger partial charge on any atom is 0.202 e. The first kappa shape index (κ1) is 27.8. The van der Waals surface area contributed by atoms with Gasteiger partial charge in [0.15, 0.2) is 23.1 Å². The SMILES string of the molecule is COC1=CC(=O)[C@]2(C)C(C1=O)[C@@H](c1ccccc1)[C@@H]2C.COC1=CC(=O)[C@]2(C)C(C1=O)[C@H](C)[C@H]2c1ccccc1. The summed E-state index contributed by atoms with van der Waals surface area (Å²) in [4.78, 5) is 49.8. The molecular weight excluding hydrogens is 504 g/mol. The monoisotopic (exact) mass is 540 g/mol. The Morgan fingerprint density at radius 1 is 0.600 bits per heavy atom. The van der Waals surface area contributed by atoms with Crippen LogP contribution in [0.4, 0.5) is 0 Å². The zero-order chi connectivity index (χ0) is 29.0. The Morgan fingerprint density at radius 2 is 1.05 bits per heavy atom. The second kappa shape index (κ2) is 9.99. The molecule has 0 radical (unpaired) electrons. The van der Waals surface area contributed by atoms with Crippen molar-refractivity contribution in [3.63, 3.8) is 0 Å². The molecule has 2 aromatic carbocycles. The summed E-state index contributed by atoms with van der Waals surface area (Å²) in [5, 5.41) is 0. The summed E-state index contributed by atoms with van der Waals surface area (Å²) in [5.74, 6) is 0.282. The second-order valence-electron chi connectivity index (χ2n) is 11.9. The van der Waals surface area contributed by atoms with Crippen LogP contribution in [0.5, 0.6) is 0 Å². The highest BCUT2D eigenvalue weighted by molar-refractivity contribution is 6.14. The fraction of sp³-hybridized carbons (Fsp3) is 0.412. The lowest BCUT2D eigenvalue weighted by molar-refractivity contribution is -0.159. The number of benzene rings is 2. The molecule has 0 aliphatic heterocycles. The van der Waals surface area contributed by atoms with Gasteiger partial charge in [0.25, 0.3) is 0 Å². The van der Waals surface area contributed by atoms with Gasteiger partial charge in [0.1, 0.15) is 0 Å². The molecule has 6 heteroatoms. The van der Waals surface area contributed by atoms with E-state index in [-0.39, 0.29) is 70.2 Å². The molecule has 208 valence electrons. The molecule has 4 aliphatic rings. The van der Waals surface area contributed by atoms with Crippen molar-refractivity contribution in [3.8, 4) is 0 Å². The predicted octanol–water partition coefficient (Wildman–Crippen LogP) is 5.45. The molecule has 0 N–H and O–H groups in total. The van der Waals surface area contributed by atoms with E-state index in [1.54, 1.807) is 0 Å². The minimum Gasteiger partial charge on any atom is -0.493 e. The van der Waals surface area contributed by atoms with Crippen LogP contribution in [0.1, 0.15) is 50.7 Å². The van der Waals surface area contributed by atoms with E-state index in [1.807, 2.05) is 81.4 Å². The van der Waals surface area contributed by atoms with Crippen molar-refractivity contribution < 1.29 is 28.7 Å². The van der Waals surface area contributed by atoms with Gasteiger partial charge in [-0.25, -0.2) is 0 Å². The Bertz CT molecular complexity index is 1420. The number of allylic oxidation sites excluding steroid dienone is 4. The number of carbonyl (C=O) groups is 4. The number of rotatable bonds is 4. The summed E-state index contributed by atoms with van der Waals surface area (Å²) in [6.45, 7) is 7.93. The molecular formula is C34H36O6. The van der Waals surface area contributed by atoms with Gasteiger partial charge in [0, 0.05) is 40.7 Å². The molecule has 0 saturated heterocycles. The third kappa shape index (κ3) is 3.75. The van der Waals surface area contributed by atoms with Gasteiger partial charge in [-0.05, 0) is 28.9 Å². The average Bonchev–Trinajstić information content (AvgIpc) is 2.96. The van der Waals surface area contributed by atoms with Crippen LogP contribution >= 0.6 is 0 Å². The van der Waals surface area contributed by atoms with Gasteiger partial charge >= 0.3 is 0 Å². The average molecular weight is 541 g/mol. The van der Waals surface area contributed by atoms with Crippen LogP contribution in [-0.2, 0) is 28.7 Å². The number of ketones is 4. The van der Waals surface area contributed by atoms with Crippen molar-refractivity contribution in [2.24, 2.45) is 34.5 Å². The maximum absolute atomic E-state index is 12.6. The lowest BCUT2D eigenvalue weighted by atomic mass is 9.42. The number of Topliss-reactive ketones (excluding diaryl/α,β-unsaturated/α-hetero) is 2. The zero-order valence-electron chi connectivity index (χ0n) is 23.8. The Balaban J connectivity index is 0.000000161. The van der Waals surface area contributed by atoms with Gasteiger partial charge < -0.3 is 9.47 Å². The van der Waals surface area contributed by atoms with E-state index in [0.717, 1.165) is 11.1 Å². The predicted molar refractivity (Wildman–Crippen MR) is 150 cm³/mol. The molecule has 0 bridgehead atoms. The Labute approximate surface area is 235 Å². The van der Waals surface area contributed by atoms with Crippen molar-refractivity contribution in [1.29, 1.82) is 0 Å². The Kier molecular flexibility index (Phi) is 6.93. The number of hydrogen-bond donors (Lipinski definition) is 0. The minimum absolute atomic E-state index is 0.00547. The zero-order valence-corrected chi connectivity index (χ0v) is 23.8. The van der Waals surface area contributed by atoms with E-state index in [4.69, 9.17) is 9.47 Å². The van der Waals surface area contributed by atoms with E-state index in [1.165, 1.54) is 26.4 Å². The minimum atomic E-state index is -0.625. The summed E-state index contributed by atoms with van der Waals surface area (Å²) < 4.78 is 10.1. The quantitative estimate of drug-likeness (QED) is 0.513. The number of methoxy groups -OCH3 is 2. The molecule has 0 amide bonds. The van der Waals surface area contributed by atoms with E-state index >= 15 is 0 Å². The number of carbonyl (C=O) groups excluding carboxylic acids is 4. The highest BCUT2D eigenvalue weighted by Gasteiger charge is 2.67. The van der Waals surface area contributed by atoms with Crippen molar-refractivity contribution in [2.45, 2.75) is 39.5 Å².